The van der Waals surface area contributed by atoms with Crippen molar-refractivity contribution < 1.29 is 13.5 Å². The van der Waals surface area contributed by atoms with Gasteiger partial charge in [-0.3, -0.25) is 9.80 Å². The zero-order chi connectivity index (χ0) is 17.2. The Kier molecular flexibility index (Phi) is 4.88. The third kappa shape index (κ3) is 3.64. The lowest BCUT2D eigenvalue weighted by Crippen LogP contribution is -2.46. The van der Waals surface area contributed by atoms with Crippen molar-refractivity contribution in [2.24, 2.45) is 0 Å². The molecule has 2 aliphatic rings. The fourth-order valence-electron chi connectivity index (χ4n) is 4.19. The van der Waals surface area contributed by atoms with E-state index in [2.05, 4.69) is 16.8 Å². The van der Waals surface area contributed by atoms with Gasteiger partial charge in [-0.15, -0.1) is 0 Å². The van der Waals surface area contributed by atoms with Gasteiger partial charge in [0.05, 0.1) is 25.0 Å². The zero-order valence-corrected chi connectivity index (χ0v) is 14.6. The SMILES string of the molecule is CN(Cc1ccco1)[C@@H]1CN(Cc2ccc(F)cc2)[C@@H]2CCCO[C@H]12. The number of fused-ring (bicyclic) bond motifs is 1. The summed E-state index contributed by atoms with van der Waals surface area (Å²) < 4.78 is 24.8. The van der Waals surface area contributed by atoms with E-state index >= 15 is 0 Å². The minimum atomic E-state index is -0.180. The summed E-state index contributed by atoms with van der Waals surface area (Å²) in [4.78, 5) is 4.84. The van der Waals surface area contributed by atoms with Gasteiger partial charge < -0.3 is 9.15 Å². The van der Waals surface area contributed by atoms with Crippen LogP contribution in [0.5, 0.6) is 0 Å². The zero-order valence-electron chi connectivity index (χ0n) is 14.6. The second-order valence-corrected chi connectivity index (χ2v) is 7.16. The van der Waals surface area contributed by atoms with Crippen molar-refractivity contribution in [2.45, 2.75) is 44.1 Å². The Hall–Kier alpha value is -1.69. The quantitative estimate of drug-likeness (QED) is 0.832. The summed E-state index contributed by atoms with van der Waals surface area (Å²) in [5.41, 5.74) is 1.15. The maximum absolute atomic E-state index is 13.2. The molecule has 4 nitrogen and oxygen atoms in total. The van der Waals surface area contributed by atoms with Crippen molar-refractivity contribution in [2.75, 3.05) is 20.2 Å². The van der Waals surface area contributed by atoms with Gasteiger partial charge in [0.15, 0.2) is 0 Å². The van der Waals surface area contributed by atoms with Crippen molar-refractivity contribution in [3.8, 4) is 0 Å². The topological polar surface area (TPSA) is 28.9 Å². The smallest absolute Gasteiger partial charge is 0.123 e. The molecule has 134 valence electrons. The minimum Gasteiger partial charge on any atom is -0.468 e. The lowest BCUT2D eigenvalue weighted by atomic mass is 10.00. The molecule has 4 rings (SSSR count). The van der Waals surface area contributed by atoms with Crippen LogP contribution in [0, 0.1) is 5.82 Å². The van der Waals surface area contributed by atoms with Gasteiger partial charge in [-0.2, -0.15) is 0 Å². The summed E-state index contributed by atoms with van der Waals surface area (Å²) in [5.74, 6) is 0.798. The molecule has 0 radical (unpaired) electrons. The van der Waals surface area contributed by atoms with E-state index < -0.39 is 0 Å². The molecule has 3 atom stereocenters. The van der Waals surface area contributed by atoms with Crippen LogP contribution in [0.15, 0.2) is 47.1 Å². The van der Waals surface area contributed by atoms with Gasteiger partial charge >= 0.3 is 0 Å². The third-order valence-corrected chi connectivity index (χ3v) is 5.45. The lowest BCUT2D eigenvalue weighted by Gasteiger charge is -2.34. The van der Waals surface area contributed by atoms with E-state index in [9.17, 15) is 4.39 Å². The number of rotatable bonds is 5. The second kappa shape index (κ2) is 7.28. The van der Waals surface area contributed by atoms with Crippen molar-refractivity contribution in [3.63, 3.8) is 0 Å². The van der Waals surface area contributed by atoms with Gasteiger partial charge in [0.2, 0.25) is 0 Å². The number of likely N-dealkylation sites (N-methyl/N-ethyl adjacent to an activating group) is 1. The molecule has 0 bridgehead atoms. The second-order valence-electron chi connectivity index (χ2n) is 7.16. The molecule has 2 saturated heterocycles. The van der Waals surface area contributed by atoms with E-state index in [1.807, 2.05) is 24.3 Å². The van der Waals surface area contributed by atoms with Gasteiger partial charge in [0.1, 0.15) is 11.6 Å². The predicted molar refractivity (Wildman–Crippen MR) is 93.5 cm³/mol. The number of hydrogen-bond donors (Lipinski definition) is 0. The number of ether oxygens (including phenoxy) is 1. The Bertz CT molecular complexity index is 674. The molecule has 1 aromatic heterocycles. The molecule has 5 heteroatoms. The molecule has 0 saturated carbocycles. The lowest BCUT2D eigenvalue weighted by molar-refractivity contribution is -0.0391. The Balaban J connectivity index is 1.48. The van der Waals surface area contributed by atoms with Gasteiger partial charge in [-0.05, 0) is 49.7 Å². The first-order valence-electron chi connectivity index (χ1n) is 9.03. The molecule has 0 N–H and O–H groups in total. The van der Waals surface area contributed by atoms with E-state index in [1.54, 1.807) is 18.4 Å². The molecule has 3 heterocycles. The number of benzene rings is 1. The highest BCUT2D eigenvalue weighted by Crippen LogP contribution is 2.33. The van der Waals surface area contributed by atoms with Crippen LogP contribution in [0.2, 0.25) is 0 Å². The van der Waals surface area contributed by atoms with E-state index in [0.29, 0.717) is 12.1 Å². The molecule has 2 aliphatic heterocycles. The van der Waals surface area contributed by atoms with Crippen LogP contribution < -0.4 is 0 Å². The number of halogens is 1. The van der Waals surface area contributed by atoms with Crippen LogP contribution in [-0.2, 0) is 17.8 Å². The monoisotopic (exact) mass is 344 g/mol. The number of furan rings is 1. The number of nitrogens with zero attached hydrogens (tertiary/aromatic N) is 2. The fourth-order valence-corrected chi connectivity index (χ4v) is 4.19. The molecular formula is C20H25FN2O2. The van der Waals surface area contributed by atoms with E-state index in [-0.39, 0.29) is 11.9 Å². The Morgan fingerprint density at radius 1 is 1.24 bits per heavy atom. The Labute approximate surface area is 148 Å². The molecular weight excluding hydrogens is 319 g/mol. The van der Waals surface area contributed by atoms with E-state index in [1.165, 1.54) is 0 Å². The predicted octanol–water partition coefficient (Wildman–Crippen LogP) is 3.28. The van der Waals surface area contributed by atoms with Gasteiger partial charge in [0.25, 0.3) is 0 Å². The van der Waals surface area contributed by atoms with Crippen LogP contribution in [0.4, 0.5) is 4.39 Å². The summed E-state index contributed by atoms with van der Waals surface area (Å²) in [5, 5.41) is 0. The Morgan fingerprint density at radius 2 is 2.08 bits per heavy atom. The first kappa shape index (κ1) is 16.8. The van der Waals surface area contributed by atoms with Gasteiger partial charge in [-0.25, -0.2) is 4.39 Å². The molecule has 25 heavy (non-hydrogen) atoms. The highest BCUT2D eigenvalue weighted by molar-refractivity contribution is 5.17. The van der Waals surface area contributed by atoms with Crippen LogP contribution in [-0.4, -0.2) is 48.2 Å². The van der Waals surface area contributed by atoms with Crippen molar-refractivity contribution in [3.05, 3.63) is 59.8 Å². The van der Waals surface area contributed by atoms with Crippen LogP contribution >= 0.6 is 0 Å². The number of hydrogen-bond acceptors (Lipinski definition) is 4. The average molecular weight is 344 g/mol. The Morgan fingerprint density at radius 3 is 2.84 bits per heavy atom. The fraction of sp³-hybridized carbons (Fsp3) is 0.500. The third-order valence-electron chi connectivity index (χ3n) is 5.45. The van der Waals surface area contributed by atoms with Crippen molar-refractivity contribution >= 4 is 0 Å². The maximum Gasteiger partial charge on any atom is 0.123 e. The minimum absolute atomic E-state index is 0.180. The highest BCUT2D eigenvalue weighted by atomic mass is 19.1. The van der Waals surface area contributed by atoms with Gasteiger partial charge in [0, 0.05) is 25.7 Å². The normalized spacial score (nSPS) is 26.9. The molecule has 0 aliphatic carbocycles. The molecule has 1 aromatic carbocycles. The summed E-state index contributed by atoms with van der Waals surface area (Å²) in [6.07, 6.45) is 4.22. The summed E-state index contributed by atoms with van der Waals surface area (Å²) >= 11 is 0. The largest absolute Gasteiger partial charge is 0.468 e. The molecule has 0 spiro atoms. The van der Waals surface area contributed by atoms with E-state index in [4.69, 9.17) is 9.15 Å². The molecule has 2 fully saturated rings. The summed E-state index contributed by atoms with van der Waals surface area (Å²) in [6, 6.07) is 11.6. The van der Waals surface area contributed by atoms with Crippen molar-refractivity contribution in [1.29, 1.82) is 0 Å². The first-order chi connectivity index (χ1) is 12.2. The summed E-state index contributed by atoms with van der Waals surface area (Å²) in [7, 11) is 2.14. The molecule has 0 amide bonds. The first-order valence-corrected chi connectivity index (χ1v) is 9.03. The average Bonchev–Trinajstić information content (AvgIpc) is 3.25. The van der Waals surface area contributed by atoms with Crippen LogP contribution in [0.25, 0.3) is 0 Å². The number of likely N-dealkylation sites (tertiary alicyclic amines) is 1. The van der Waals surface area contributed by atoms with Crippen LogP contribution in [0.1, 0.15) is 24.2 Å². The summed E-state index contributed by atoms with van der Waals surface area (Å²) in [6.45, 7) is 3.44. The van der Waals surface area contributed by atoms with Crippen LogP contribution in [0.3, 0.4) is 0 Å². The maximum atomic E-state index is 13.2. The van der Waals surface area contributed by atoms with E-state index in [0.717, 1.165) is 50.4 Å². The van der Waals surface area contributed by atoms with Crippen molar-refractivity contribution in [1.82, 2.24) is 9.80 Å². The highest BCUT2D eigenvalue weighted by Gasteiger charge is 2.45. The van der Waals surface area contributed by atoms with Gasteiger partial charge in [-0.1, -0.05) is 12.1 Å². The standard InChI is InChI=1S/C20H25FN2O2/c1-22(13-17-4-2-10-24-17)19-14-23(18-5-3-11-25-20(18)19)12-15-6-8-16(21)9-7-15/h2,4,6-10,18-20H,3,5,11-14H2,1H3/t18-,19-,20+/m1/s1. The molecule has 0 unspecified atom stereocenters. The molecule has 2 aromatic rings.